The van der Waals surface area contributed by atoms with Gasteiger partial charge in [-0.15, -0.1) is 0 Å². The molecule has 182 valence electrons. The van der Waals surface area contributed by atoms with Gasteiger partial charge in [0.1, 0.15) is 17.1 Å². The van der Waals surface area contributed by atoms with Crippen LogP contribution in [0.25, 0.3) is 10.8 Å². The van der Waals surface area contributed by atoms with Gasteiger partial charge in [0.05, 0.1) is 13.7 Å². The predicted molar refractivity (Wildman–Crippen MR) is 131 cm³/mol. The van der Waals surface area contributed by atoms with E-state index in [9.17, 15) is 14.0 Å². The summed E-state index contributed by atoms with van der Waals surface area (Å²) in [6.07, 6.45) is 0. The van der Waals surface area contributed by atoms with Gasteiger partial charge in [-0.25, -0.2) is 9.18 Å². The van der Waals surface area contributed by atoms with Crippen molar-refractivity contribution in [2.45, 2.75) is 19.0 Å². The number of carbonyl (C=O) groups excluding carboxylic acids is 2. The normalized spacial score (nSPS) is 17.4. The van der Waals surface area contributed by atoms with Crippen molar-refractivity contribution in [3.8, 4) is 5.75 Å². The average molecular weight is 487 g/mol. The second-order valence-corrected chi connectivity index (χ2v) is 8.44. The van der Waals surface area contributed by atoms with E-state index in [0.717, 1.165) is 21.4 Å². The van der Waals surface area contributed by atoms with E-state index >= 15 is 0 Å². The quantitative estimate of drug-likeness (QED) is 0.352. The number of anilines is 3. The van der Waals surface area contributed by atoms with Crippen molar-refractivity contribution < 1.29 is 18.7 Å². The van der Waals surface area contributed by atoms with Gasteiger partial charge in [-0.3, -0.25) is 9.69 Å². The zero-order chi connectivity index (χ0) is 25.4. The Hall–Kier alpha value is -4.80. The molecule has 0 spiro atoms. The van der Waals surface area contributed by atoms with E-state index in [1.807, 2.05) is 30.3 Å². The molecule has 1 saturated heterocycles. The van der Waals surface area contributed by atoms with Crippen molar-refractivity contribution >= 4 is 40.3 Å². The Morgan fingerprint density at radius 2 is 1.75 bits per heavy atom. The molecule has 0 saturated carbocycles. The largest absolute Gasteiger partial charge is 0.497 e. The molecule has 1 atom stereocenters. The van der Waals surface area contributed by atoms with E-state index in [0.29, 0.717) is 11.3 Å². The molecule has 0 radical (unpaired) electrons. The molecule has 0 aliphatic carbocycles. The van der Waals surface area contributed by atoms with Gasteiger partial charge in [0.15, 0.2) is 5.82 Å². The smallest absolute Gasteiger partial charge is 0.325 e. The molecule has 1 aliphatic rings. The summed E-state index contributed by atoms with van der Waals surface area (Å²) in [7, 11) is 1.60. The molecule has 2 heterocycles. The molecular formula is C25H22FN7O3. The van der Waals surface area contributed by atoms with Gasteiger partial charge in [-0.2, -0.15) is 15.0 Å². The summed E-state index contributed by atoms with van der Waals surface area (Å²) in [5, 5.41) is 7.53. The number of aromatic nitrogens is 3. The number of hydrogen-bond donors (Lipinski definition) is 3. The zero-order valence-electron chi connectivity index (χ0n) is 19.4. The molecule has 0 unspecified atom stereocenters. The van der Waals surface area contributed by atoms with Crippen LogP contribution in [0.4, 0.5) is 26.8 Å². The number of urea groups is 1. The van der Waals surface area contributed by atoms with Crippen LogP contribution in [0.5, 0.6) is 5.75 Å². The summed E-state index contributed by atoms with van der Waals surface area (Å²) in [5.41, 5.74) is 5.71. The SMILES string of the molecule is COc1ccc2cc([C@]3(C)NC(=O)N(Cc4nc(N)nc(Nc5ccc(F)cc5)n4)C3=O)ccc2c1. The molecule has 10 nitrogen and oxygen atoms in total. The van der Waals surface area contributed by atoms with Gasteiger partial charge in [-0.05, 0) is 65.7 Å². The maximum Gasteiger partial charge on any atom is 0.325 e. The molecule has 5 rings (SSSR count). The highest BCUT2D eigenvalue weighted by Gasteiger charge is 2.49. The van der Waals surface area contributed by atoms with Crippen LogP contribution in [0.2, 0.25) is 0 Å². The minimum atomic E-state index is -1.28. The highest BCUT2D eigenvalue weighted by atomic mass is 19.1. The molecule has 4 N–H and O–H groups in total. The fourth-order valence-electron chi connectivity index (χ4n) is 4.07. The number of ether oxygens (including phenoxy) is 1. The fourth-order valence-corrected chi connectivity index (χ4v) is 4.07. The van der Waals surface area contributed by atoms with Crippen molar-refractivity contribution in [2.24, 2.45) is 0 Å². The second kappa shape index (κ2) is 8.77. The number of halogens is 1. The number of imide groups is 1. The first-order valence-corrected chi connectivity index (χ1v) is 11.0. The van der Waals surface area contributed by atoms with Crippen LogP contribution in [0.1, 0.15) is 18.3 Å². The summed E-state index contributed by atoms with van der Waals surface area (Å²) < 4.78 is 18.4. The molecule has 0 bridgehead atoms. The molecular weight excluding hydrogens is 465 g/mol. The first kappa shape index (κ1) is 23.0. The lowest BCUT2D eigenvalue weighted by Gasteiger charge is -2.22. The van der Waals surface area contributed by atoms with Gasteiger partial charge in [0.2, 0.25) is 11.9 Å². The number of nitrogens with two attached hydrogens (primary N) is 1. The summed E-state index contributed by atoms with van der Waals surface area (Å²) in [6, 6.07) is 16.2. The Bertz CT molecular complexity index is 1500. The van der Waals surface area contributed by atoms with Crippen LogP contribution < -0.4 is 21.1 Å². The van der Waals surface area contributed by atoms with Crippen LogP contribution in [0, 0.1) is 5.82 Å². The summed E-state index contributed by atoms with van der Waals surface area (Å²) in [6.45, 7) is 1.44. The summed E-state index contributed by atoms with van der Waals surface area (Å²) in [4.78, 5) is 39.7. The number of nitrogens with zero attached hydrogens (tertiary/aromatic N) is 4. The van der Waals surface area contributed by atoms with Gasteiger partial charge < -0.3 is 21.1 Å². The van der Waals surface area contributed by atoms with Crippen molar-refractivity contribution in [2.75, 3.05) is 18.2 Å². The Labute approximate surface area is 205 Å². The van der Waals surface area contributed by atoms with E-state index < -0.39 is 17.5 Å². The Morgan fingerprint density at radius 3 is 2.50 bits per heavy atom. The molecule has 3 aromatic carbocycles. The number of amides is 3. The summed E-state index contributed by atoms with van der Waals surface area (Å²) in [5.74, 6) is 0.0121. The molecule has 1 fully saturated rings. The zero-order valence-corrected chi connectivity index (χ0v) is 19.4. The van der Waals surface area contributed by atoms with Gasteiger partial charge in [0.25, 0.3) is 5.91 Å². The van der Waals surface area contributed by atoms with E-state index in [1.165, 1.54) is 24.3 Å². The molecule has 1 aromatic heterocycles. The standard InChI is InChI=1S/C25H22FN7O3/c1-25(16-5-3-15-12-19(36-2)10-4-14(15)11-16)21(34)33(24(35)32-25)13-20-29-22(27)31-23(30-20)28-18-8-6-17(26)7-9-18/h3-12H,13H2,1-2H3,(H,32,35)(H3,27,28,29,30,31)/t25-/m0/s1. The van der Waals surface area contributed by atoms with E-state index in [1.54, 1.807) is 20.1 Å². The third kappa shape index (κ3) is 4.22. The van der Waals surface area contributed by atoms with Crippen molar-refractivity contribution in [3.05, 3.63) is 77.9 Å². The minimum Gasteiger partial charge on any atom is -0.497 e. The number of hydrogen-bond acceptors (Lipinski definition) is 8. The van der Waals surface area contributed by atoms with Crippen molar-refractivity contribution in [1.29, 1.82) is 0 Å². The highest BCUT2D eigenvalue weighted by Crippen LogP contribution is 2.32. The lowest BCUT2D eigenvalue weighted by molar-refractivity contribution is -0.131. The number of nitrogen functional groups attached to an aromatic ring is 1. The Kier molecular flexibility index (Phi) is 5.59. The van der Waals surface area contributed by atoms with Crippen molar-refractivity contribution in [1.82, 2.24) is 25.2 Å². The Balaban J connectivity index is 1.39. The lowest BCUT2D eigenvalue weighted by atomic mass is 9.90. The number of nitrogens with one attached hydrogen (secondary N) is 2. The Morgan fingerprint density at radius 1 is 1.03 bits per heavy atom. The van der Waals surface area contributed by atoms with Crippen LogP contribution >= 0.6 is 0 Å². The van der Waals surface area contributed by atoms with Gasteiger partial charge in [-0.1, -0.05) is 18.2 Å². The third-order valence-corrected chi connectivity index (χ3v) is 6.00. The maximum absolute atomic E-state index is 13.4. The molecule has 36 heavy (non-hydrogen) atoms. The van der Waals surface area contributed by atoms with Crippen LogP contribution in [-0.4, -0.2) is 38.9 Å². The van der Waals surface area contributed by atoms with Crippen molar-refractivity contribution in [3.63, 3.8) is 0 Å². The molecule has 1 aliphatic heterocycles. The number of rotatable bonds is 6. The first-order valence-electron chi connectivity index (χ1n) is 11.0. The van der Waals surface area contributed by atoms with Crippen LogP contribution in [0.3, 0.4) is 0 Å². The molecule has 3 amide bonds. The van der Waals surface area contributed by atoms with E-state index in [4.69, 9.17) is 10.5 Å². The maximum atomic E-state index is 13.4. The molecule has 4 aromatic rings. The average Bonchev–Trinajstić information content (AvgIpc) is 3.08. The predicted octanol–water partition coefficient (Wildman–Crippen LogP) is 3.47. The number of carbonyl (C=O) groups is 2. The number of methoxy groups -OCH3 is 1. The third-order valence-electron chi connectivity index (χ3n) is 6.00. The first-order chi connectivity index (χ1) is 17.2. The topological polar surface area (TPSA) is 135 Å². The van der Waals surface area contributed by atoms with Crippen LogP contribution in [0.15, 0.2) is 60.7 Å². The number of fused-ring (bicyclic) bond motifs is 1. The fraction of sp³-hybridized carbons (Fsp3) is 0.160. The van der Waals surface area contributed by atoms with Crippen LogP contribution in [-0.2, 0) is 16.9 Å². The van der Waals surface area contributed by atoms with E-state index in [-0.39, 0.29) is 30.1 Å². The minimum absolute atomic E-state index is 0.0932. The number of benzene rings is 3. The molecule has 11 heteroatoms. The highest BCUT2D eigenvalue weighted by molar-refractivity contribution is 6.07. The lowest BCUT2D eigenvalue weighted by Crippen LogP contribution is -2.40. The monoisotopic (exact) mass is 487 g/mol. The summed E-state index contributed by atoms with van der Waals surface area (Å²) >= 11 is 0. The van der Waals surface area contributed by atoms with Gasteiger partial charge in [0, 0.05) is 5.69 Å². The second-order valence-electron chi connectivity index (χ2n) is 8.44. The van der Waals surface area contributed by atoms with Gasteiger partial charge >= 0.3 is 6.03 Å². The van der Waals surface area contributed by atoms with E-state index in [2.05, 4.69) is 25.6 Å².